The number of hydrogen-bond donors (Lipinski definition) is 0. The summed E-state index contributed by atoms with van der Waals surface area (Å²) >= 11 is 0. The maximum absolute atomic E-state index is 6.32. The Morgan fingerprint density at radius 2 is 0.976 bits per heavy atom. The molecule has 1 heterocycles. The van der Waals surface area contributed by atoms with Crippen LogP contribution in [0.1, 0.15) is 0 Å². The summed E-state index contributed by atoms with van der Waals surface area (Å²) in [5, 5.41) is 4.80. The summed E-state index contributed by atoms with van der Waals surface area (Å²) in [6, 6.07) is 57.9. The number of furan rings is 1. The third-order valence-corrected chi connectivity index (χ3v) is 8.06. The summed E-state index contributed by atoms with van der Waals surface area (Å²) in [4.78, 5) is 2.30. The van der Waals surface area contributed by atoms with Crippen LogP contribution in [0.2, 0.25) is 0 Å². The summed E-state index contributed by atoms with van der Waals surface area (Å²) in [6.45, 7) is 0. The van der Waals surface area contributed by atoms with Gasteiger partial charge in [0.25, 0.3) is 0 Å². The van der Waals surface area contributed by atoms with E-state index >= 15 is 0 Å². The molecule has 0 saturated carbocycles. The van der Waals surface area contributed by atoms with Crippen molar-refractivity contribution in [3.05, 3.63) is 164 Å². The fourth-order valence-electron chi connectivity index (χ4n) is 5.96. The first-order valence-electron chi connectivity index (χ1n) is 14.3. The zero-order valence-electron chi connectivity index (χ0n) is 22.9. The molecule has 198 valence electrons. The number of benzene rings is 7. The Labute approximate surface area is 244 Å². The monoisotopic (exact) mass is 537 g/mol. The minimum absolute atomic E-state index is 0.916. The first kappa shape index (κ1) is 24.2. The van der Waals surface area contributed by atoms with Crippen LogP contribution in [-0.4, -0.2) is 0 Å². The van der Waals surface area contributed by atoms with Crippen LogP contribution in [0.15, 0.2) is 168 Å². The van der Waals surface area contributed by atoms with E-state index in [0.717, 1.165) is 50.1 Å². The van der Waals surface area contributed by atoms with Gasteiger partial charge in [-0.3, -0.25) is 0 Å². The maximum Gasteiger partial charge on any atom is 0.143 e. The van der Waals surface area contributed by atoms with Crippen molar-refractivity contribution in [3.8, 4) is 22.3 Å². The van der Waals surface area contributed by atoms with Crippen molar-refractivity contribution < 1.29 is 4.42 Å². The zero-order valence-corrected chi connectivity index (χ0v) is 22.9. The molecule has 0 amide bonds. The van der Waals surface area contributed by atoms with Gasteiger partial charge in [0.2, 0.25) is 0 Å². The van der Waals surface area contributed by atoms with Crippen molar-refractivity contribution in [3.63, 3.8) is 0 Å². The molecule has 7 aromatic carbocycles. The Hall–Kier alpha value is -5.60. The van der Waals surface area contributed by atoms with Crippen LogP contribution in [-0.2, 0) is 0 Å². The summed E-state index contributed by atoms with van der Waals surface area (Å²) in [5.74, 6) is 0. The average Bonchev–Trinajstić information content (AvgIpc) is 3.45. The van der Waals surface area contributed by atoms with Crippen LogP contribution >= 0.6 is 0 Å². The van der Waals surface area contributed by atoms with E-state index in [1.807, 2.05) is 12.1 Å². The van der Waals surface area contributed by atoms with E-state index in [1.54, 1.807) is 0 Å². The number of rotatable bonds is 5. The van der Waals surface area contributed by atoms with Gasteiger partial charge < -0.3 is 9.32 Å². The predicted molar refractivity (Wildman–Crippen MR) is 177 cm³/mol. The lowest BCUT2D eigenvalue weighted by molar-refractivity contribution is 0.670. The van der Waals surface area contributed by atoms with E-state index in [-0.39, 0.29) is 0 Å². The van der Waals surface area contributed by atoms with Gasteiger partial charge in [-0.05, 0) is 76.0 Å². The average molecular weight is 538 g/mol. The van der Waals surface area contributed by atoms with Crippen LogP contribution in [0.3, 0.4) is 0 Å². The number of fused-ring (bicyclic) bond motifs is 4. The lowest BCUT2D eigenvalue weighted by atomic mass is 10.0. The van der Waals surface area contributed by atoms with Crippen molar-refractivity contribution in [1.29, 1.82) is 0 Å². The first-order valence-corrected chi connectivity index (χ1v) is 14.3. The second-order valence-corrected chi connectivity index (χ2v) is 10.6. The fraction of sp³-hybridized carbons (Fsp3) is 0. The van der Waals surface area contributed by atoms with Crippen molar-refractivity contribution >= 4 is 49.8 Å². The van der Waals surface area contributed by atoms with Crippen molar-refractivity contribution in [2.75, 3.05) is 4.90 Å². The summed E-state index contributed by atoms with van der Waals surface area (Å²) in [7, 11) is 0. The van der Waals surface area contributed by atoms with Crippen molar-refractivity contribution in [2.24, 2.45) is 0 Å². The van der Waals surface area contributed by atoms with Gasteiger partial charge in [0.1, 0.15) is 11.2 Å². The Kier molecular flexibility index (Phi) is 5.82. The molecular formula is C40H27NO. The summed E-state index contributed by atoms with van der Waals surface area (Å²) in [6.07, 6.45) is 0. The SMILES string of the molecule is c1ccc(N(c2ccc(-c3ccc4ccccc4c3)cc2)c2ccc(-c3cccc4c3oc3ccccc34)cc2)cc1. The van der Waals surface area contributed by atoms with Crippen LogP contribution in [0.5, 0.6) is 0 Å². The van der Waals surface area contributed by atoms with Gasteiger partial charge in [-0.2, -0.15) is 0 Å². The molecule has 0 aliphatic rings. The van der Waals surface area contributed by atoms with E-state index in [9.17, 15) is 0 Å². The molecule has 1 aromatic heterocycles. The quantitative estimate of drug-likeness (QED) is 0.217. The number of nitrogens with zero attached hydrogens (tertiary/aromatic N) is 1. The van der Waals surface area contributed by atoms with E-state index < -0.39 is 0 Å². The van der Waals surface area contributed by atoms with Crippen LogP contribution in [0.4, 0.5) is 17.1 Å². The standard InChI is InChI=1S/C40H27NO/c1-2-11-33(12-3-1)41(34-23-19-29(20-24-34)32-18-17-28-9-4-5-10-31(28)27-32)35-25-21-30(22-26-35)36-14-8-15-38-37-13-6-7-16-39(37)42-40(36)38/h1-27H. The minimum Gasteiger partial charge on any atom is -0.455 e. The third kappa shape index (κ3) is 4.22. The van der Waals surface area contributed by atoms with Gasteiger partial charge in [0.15, 0.2) is 0 Å². The Morgan fingerprint density at radius 1 is 0.381 bits per heavy atom. The lowest BCUT2D eigenvalue weighted by Crippen LogP contribution is -2.09. The highest BCUT2D eigenvalue weighted by Crippen LogP contribution is 2.39. The van der Waals surface area contributed by atoms with Crippen molar-refractivity contribution in [1.82, 2.24) is 0 Å². The molecule has 0 aliphatic carbocycles. The predicted octanol–water partition coefficient (Wildman–Crippen LogP) is 11.5. The van der Waals surface area contributed by atoms with Crippen LogP contribution < -0.4 is 4.90 Å². The van der Waals surface area contributed by atoms with Gasteiger partial charge in [-0.15, -0.1) is 0 Å². The van der Waals surface area contributed by atoms with Gasteiger partial charge in [0.05, 0.1) is 0 Å². The van der Waals surface area contributed by atoms with E-state index in [0.29, 0.717) is 0 Å². The summed E-state index contributed by atoms with van der Waals surface area (Å²) in [5.41, 5.74) is 9.81. The second kappa shape index (κ2) is 10.1. The molecule has 2 heteroatoms. The smallest absolute Gasteiger partial charge is 0.143 e. The van der Waals surface area contributed by atoms with Crippen LogP contribution in [0, 0.1) is 0 Å². The maximum atomic E-state index is 6.32. The Morgan fingerprint density at radius 3 is 1.76 bits per heavy atom. The molecule has 8 rings (SSSR count). The number of anilines is 3. The third-order valence-electron chi connectivity index (χ3n) is 8.06. The minimum atomic E-state index is 0.916. The molecule has 2 nitrogen and oxygen atoms in total. The Balaban J connectivity index is 1.17. The van der Waals surface area contributed by atoms with Gasteiger partial charge >= 0.3 is 0 Å². The van der Waals surface area contributed by atoms with Gasteiger partial charge in [0, 0.05) is 33.4 Å². The largest absolute Gasteiger partial charge is 0.455 e. The van der Waals surface area contributed by atoms with E-state index in [4.69, 9.17) is 4.42 Å². The molecule has 0 spiro atoms. The fourth-order valence-corrected chi connectivity index (χ4v) is 5.96. The molecule has 0 unspecified atom stereocenters. The molecule has 0 saturated heterocycles. The Bertz CT molecular complexity index is 2180. The highest BCUT2D eigenvalue weighted by atomic mass is 16.3. The normalized spacial score (nSPS) is 11.3. The molecule has 0 fully saturated rings. The molecule has 42 heavy (non-hydrogen) atoms. The zero-order chi connectivity index (χ0) is 27.9. The molecule has 0 N–H and O–H groups in total. The highest BCUT2D eigenvalue weighted by molar-refractivity contribution is 6.09. The number of para-hydroxylation sites is 3. The molecule has 0 bridgehead atoms. The molecular weight excluding hydrogens is 510 g/mol. The lowest BCUT2D eigenvalue weighted by Gasteiger charge is -2.26. The molecule has 8 aromatic rings. The van der Waals surface area contributed by atoms with Crippen molar-refractivity contribution in [2.45, 2.75) is 0 Å². The van der Waals surface area contributed by atoms with Crippen LogP contribution in [0.25, 0.3) is 55.0 Å². The summed E-state index contributed by atoms with van der Waals surface area (Å²) < 4.78 is 6.32. The highest BCUT2D eigenvalue weighted by Gasteiger charge is 2.15. The van der Waals surface area contributed by atoms with Gasteiger partial charge in [-0.25, -0.2) is 0 Å². The molecule has 0 aliphatic heterocycles. The topological polar surface area (TPSA) is 16.4 Å². The van der Waals surface area contributed by atoms with Gasteiger partial charge in [-0.1, -0.05) is 115 Å². The first-order chi connectivity index (χ1) is 20.8. The molecule has 0 radical (unpaired) electrons. The van der Waals surface area contributed by atoms with E-state index in [1.165, 1.54) is 21.9 Å². The second-order valence-electron chi connectivity index (χ2n) is 10.6. The van der Waals surface area contributed by atoms with E-state index in [2.05, 4.69) is 157 Å². The number of hydrogen-bond acceptors (Lipinski definition) is 2. The molecule has 0 atom stereocenters.